The second-order valence-corrected chi connectivity index (χ2v) is 8.20. The first kappa shape index (κ1) is 17.6. The number of nitrogens with zero attached hydrogens (tertiary/aromatic N) is 2. The Hall–Kier alpha value is -2.25. The molecule has 0 saturated carbocycles. The second kappa shape index (κ2) is 6.93. The van der Waals surface area contributed by atoms with Gasteiger partial charge in [0.05, 0.1) is 4.90 Å². The molecule has 1 aliphatic heterocycles. The maximum absolute atomic E-state index is 13.0. The Morgan fingerprint density at radius 1 is 1.24 bits per heavy atom. The van der Waals surface area contributed by atoms with Gasteiger partial charge in [0.25, 0.3) is 0 Å². The zero-order valence-electron chi connectivity index (χ0n) is 14.3. The quantitative estimate of drug-likeness (QED) is 0.910. The molecule has 6 nitrogen and oxygen atoms in total. The molecule has 0 aliphatic carbocycles. The molecule has 0 saturated heterocycles. The Kier molecular flexibility index (Phi) is 4.87. The second-order valence-electron chi connectivity index (χ2n) is 6.20. The van der Waals surface area contributed by atoms with E-state index < -0.39 is 10.0 Å². The molecule has 25 heavy (non-hydrogen) atoms. The van der Waals surface area contributed by atoms with E-state index >= 15 is 0 Å². The number of benzene rings is 1. The lowest BCUT2D eigenvalue weighted by molar-refractivity contribution is -0.116. The van der Waals surface area contributed by atoms with E-state index in [2.05, 4.69) is 10.3 Å². The van der Waals surface area contributed by atoms with Crippen molar-refractivity contribution < 1.29 is 13.2 Å². The highest BCUT2D eigenvalue weighted by Gasteiger charge is 2.27. The summed E-state index contributed by atoms with van der Waals surface area (Å²) in [6.07, 6.45) is 5.29. The molecule has 1 unspecified atom stereocenters. The number of carbonyl (C=O) groups excluding carboxylic acids is 1. The minimum atomic E-state index is -3.69. The third-order valence-corrected chi connectivity index (χ3v) is 6.52. The van der Waals surface area contributed by atoms with Gasteiger partial charge in [-0.15, -0.1) is 0 Å². The van der Waals surface area contributed by atoms with E-state index in [4.69, 9.17) is 0 Å². The van der Waals surface area contributed by atoms with Gasteiger partial charge in [-0.1, -0.05) is 12.1 Å². The van der Waals surface area contributed by atoms with Crippen molar-refractivity contribution in [1.82, 2.24) is 9.29 Å². The number of carbonyl (C=O) groups is 1. The average molecular weight is 359 g/mol. The Morgan fingerprint density at radius 3 is 2.76 bits per heavy atom. The van der Waals surface area contributed by atoms with E-state index in [-0.39, 0.29) is 16.8 Å². The first-order valence-electron chi connectivity index (χ1n) is 8.20. The van der Waals surface area contributed by atoms with Crippen LogP contribution in [-0.4, -0.2) is 30.7 Å². The molecule has 0 bridgehead atoms. The van der Waals surface area contributed by atoms with Crippen LogP contribution in [0.15, 0.2) is 47.6 Å². The first-order valence-corrected chi connectivity index (χ1v) is 9.64. The summed E-state index contributed by atoms with van der Waals surface area (Å²) in [5, 5.41) is 2.80. The van der Waals surface area contributed by atoms with Gasteiger partial charge in [-0.25, -0.2) is 8.42 Å². The van der Waals surface area contributed by atoms with Crippen molar-refractivity contribution in [2.45, 2.75) is 37.1 Å². The third kappa shape index (κ3) is 3.57. The molecule has 1 atom stereocenters. The van der Waals surface area contributed by atoms with Gasteiger partial charge in [-0.05, 0) is 49.1 Å². The van der Waals surface area contributed by atoms with Crippen LogP contribution in [0.2, 0.25) is 0 Å². The van der Waals surface area contributed by atoms with Gasteiger partial charge < -0.3 is 5.32 Å². The SMILES string of the molecule is CC(c1cccnc1)N(C)S(=O)(=O)c1ccc2c(c1)NC(=O)CCC2. The molecule has 1 amide bonds. The number of fused-ring (bicyclic) bond motifs is 1. The van der Waals surface area contributed by atoms with Crippen LogP contribution in [0.1, 0.15) is 36.9 Å². The van der Waals surface area contributed by atoms with Crippen LogP contribution in [0.4, 0.5) is 5.69 Å². The Morgan fingerprint density at radius 2 is 2.04 bits per heavy atom. The van der Waals surface area contributed by atoms with Crippen molar-refractivity contribution in [2.24, 2.45) is 0 Å². The molecule has 1 aromatic heterocycles. The first-order chi connectivity index (χ1) is 11.9. The number of amides is 1. The monoisotopic (exact) mass is 359 g/mol. The number of hydrogen-bond donors (Lipinski definition) is 1. The van der Waals surface area contributed by atoms with Crippen molar-refractivity contribution in [2.75, 3.05) is 12.4 Å². The molecule has 2 aromatic rings. The molecule has 3 rings (SSSR count). The molecular weight excluding hydrogens is 338 g/mol. The maximum atomic E-state index is 13.0. The number of hydrogen-bond acceptors (Lipinski definition) is 4. The lowest BCUT2D eigenvalue weighted by Crippen LogP contribution is -2.30. The summed E-state index contributed by atoms with van der Waals surface area (Å²) in [5.41, 5.74) is 2.37. The highest BCUT2D eigenvalue weighted by Crippen LogP contribution is 2.29. The van der Waals surface area contributed by atoms with Crippen LogP contribution in [0, 0.1) is 0 Å². The lowest BCUT2D eigenvalue weighted by Gasteiger charge is -2.25. The van der Waals surface area contributed by atoms with Gasteiger partial charge in [-0.2, -0.15) is 4.31 Å². The van der Waals surface area contributed by atoms with Crippen LogP contribution >= 0.6 is 0 Å². The fourth-order valence-electron chi connectivity index (χ4n) is 2.91. The Labute approximate surface area is 147 Å². The smallest absolute Gasteiger partial charge is 0.243 e. The molecule has 0 radical (unpaired) electrons. The maximum Gasteiger partial charge on any atom is 0.243 e. The molecule has 2 heterocycles. The number of rotatable bonds is 4. The van der Waals surface area contributed by atoms with E-state index in [0.717, 1.165) is 24.0 Å². The standard InChI is InChI=1S/C18H21N3O3S/c1-13(15-6-4-10-19-12-15)21(2)25(23,24)16-9-8-14-5-3-7-18(22)20-17(14)11-16/h4,6,8-13H,3,5,7H2,1-2H3,(H,20,22). The molecule has 7 heteroatoms. The van der Waals surface area contributed by atoms with Crippen molar-refractivity contribution in [3.63, 3.8) is 0 Å². The lowest BCUT2D eigenvalue weighted by atomic mass is 10.1. The van der Waals surface area contributed by atoms with E-state index in [9.17, 15) is 13.2 Å². The summed E-state index contributed by atoms with van der Waals surface area (Å²) < 4.78 is 27.3. The predicted octanol–water partition coefficient (Wildman–Crippen LogP) is 2.74. The van der Waals surface area contributed by atoms with E-state index in [1.54, 1.807) is 43.7 Å². The van der Waals surface area contributed by atoms with Gasteiger partial charge >= 0.3 is 0 Å². The third-order valence-electron chi connectivity index (χ3n) is 4.59. The fraction of sp³-hybridized carbons (Fsp3) is 0.333. The summed E-state index contributed by atoms with van der Waals surface area (Å²) in [5.74, 6) is -0.0784. The predicted molar refractivity (Wildman–Crippen MR) is 95.6 cm³/mol. The van der Waals surface area contributed by atoms with Crippen LogP contribution < -0.4 is 5.32 Å². The Balaban J connectivity index is 1.93. The summed E-state index contributed by atoms with van der Waals surface area (Å²) in [4.78, 5) is 16.0. The minimum absolute atomic E-state index is 0.0784. The minimum Gasteiger partial charge on any atom is -0.326 e. The van der Waals surface area contributed by atoms with Crippen LogP contribution in [0.3, 0.4) is 0 Å². The molecule has 0 spiro atoms. The highest BCUT2D eigenvalue weighted by molar-refractivity contribution is 7.89. The number of aryl methyl sites for hydroxylation is 1. The van der Waals surface area contributed by atoms with Gasteiger partial charge in [-0.3, -0.25) is 9.78 Å². The summed E-state index contributed by atoms with van der Waals surface area (Å²) in [6.45, 7) is 1.82. The largest absolute Gasteiger partial charge is 0.326 e. The van der Waals surface area contributed by atoms with Gasteiger partial charge in [0.15, 0.2) is 0 Å². The molecular formula is C18H21N3O3S. The van der Waals surface area contributed by atoms with Crippen LogP contribution in [0.5, 0.6) is 0 Å². The van der Waals surface area contributed by atoms with Gasteiger partial charge in [0.2, 0.25) is 15.9 Å². The van der Waals surface area contributed by atoms with Crippen molar-refractivity contribution in [3.05, 3.63) is 53.9 Å². The van der Waals surface area contributed by atoms with Gasteiger partial charge in [0, 0.05) is 37.6 Å². The van der Waals surface area contributed by atoms with Gasteiger partial charge in [0.1, 0.15) is 0 Å². The van der Waals surface area contributed by atoms with E-state index in [1.807, 2.05) is 13.0 Å². The fourth-order valence-corrected chi connectivity index (χ4v) is 4.29. The zero-order valence-corrected chi connectivity index (χ0v) is 15.1. The topological polar surface area (TPSA) is 79.4 Å². The molecule has 132 valence electrons. The van der Waals surface area contributed by atoms with Crippen molar-refractivity contribution >= 4 is 21.6 Å². The normalized spacial score (nSPS) is 16.0. The van der Waals surface area contributed by atoms with E-state index in [0.29, 0.717) is 12.1 Å². The van der Waals surface area contributed by atoms with Crippen molar-refractivity contribution in [1.29, 1.82) is 0 Å². The number of nitrogens with one attached hydrogen (secondary N) is 1. The van der Waals surface area contributed by atoms with Crippen LogP contribution in [0.25, 0.3) is 0 Å². The van der Waals surface area contributed by atoms with Crippen molar-refractivity contribution in [3.8, 4) is 0 Å². The number of pyridine rings is 1. The summed E-state index contributed by atoms with van der Waals surface area (Å²) in [7, 11) is -2.14. The summed E-state index contributed by atoms with van der Waals surface area (Å²) >= 11 is 0. The molecule has 0 fully saturated rings. The molecule has 1 aliphatic rings. The highest BCUT2D eigenvalue weighted by atomic mass is 32.2. The Bertz CT molecular complexity index is 882. The molecule has 1 N–H and O–H groups in total. The number of aromatic nitrogens is 1. The summed E-state index contributed by atoms with van der Waals surface area (Å²) in [6, 6.07) is 8.23. The number of sulfonamides is 1. The van der Waals surface area contributed by atoms with Crippen LogP contribution in [-0.2, 0) is 21.2 Å². The zero-order chi connectivity index (χ0) is 18.0. The number of anilines is 1. The average Bonchev–Trinajstić information content (AvgIpc) is 2.80. The molecule has 1 aromatic carbocycles. The van der Waals surface area contributed by atoms with E-state index in [1.165, 1.54) is 4.31 Å².